The smallest absolute Gasteiger partial charge is 0.256 e. The Morgan fingerprint density at radius 1 is 1.11 bits per heavy atom. The summed E-state index contributed by atoms with van der Waals surface area (Å²) in [6.45, 7) is 6.35. The summed E-state index contributed by atoms with van der Waals surface area (Å²) in [4.78, 5) is 25.5. The summed E-state index contributed by atoms with van der Waals surface area (Å²) in [5.41, 5.74) is 1.72. The maximum atomic E-state index is 12.8. The molecule has 0 bridgehead atoms. The van der Waals surface area contributed by atoms with E-state index in [0.29, 0.717) is 37.8 Å². The van der Waals surface area contributed by atoms with Crippen molar-refractivity contribution < 1.29 is 14.3 Å². The van der Waals surface area contributed by atoms with Gasteiger partial charge < -0.3 is 19.3 Å². The van der Waals surface area contributed by atoms with E-state index in [2.05, 4.69) is 27.9 Å². The van der Waals surface area contributed by atoms with Crippen molar-refractivity contribution in [2.75, 3.05) is 44.3 Å². The molecule has 148 valence electrons. The second-order valence-electron chi connectivity index (χ2n) is 7.30. The summed E-state index contributed by atoms with van der Waals surface area (Å²) in [6.07, 6.45) is 5.06. The van der Waals surface area contributed by atoms with Crippen molar-refractivity contribution in [1.29, 1.82) is 0 Å². The van der Waals surface area contributed by atoms with Crippen molar-refractivity contribution >= 4 is 11.9 Å². The Labute approximate surface area is 165 Å². The number of hydrogen-bond acceptors (Lipinski definition) is 6. The molecule has 1 amide bonds. The van der Waals surface area contributed by atoms with Gasteiger partial charge in [0, 0.05) is 51.4 Å². The second kappa shape index (κ2) is 8.56. The minimum absolute atomic E-state index is 0.0115. The molecule has 2 aromatic rings. The van der Waals surface area contributed by atoms with Crippen molar-refractivity contribution in [3.63, 3.8) is 0 Å². The van der Waals surface area contributed by atoms with Gasteiger partial charge in [0.25, 0.3) is 5.91 Å². The first-order chi connectivity index (χ1) is 13.7. The van der Waals surface area contributed by atoms with E-state index in [-0.39, 0.29) is 12.0 Å². The molecular weight excluding hydrogens is 356 g/mol. The number of carbonyl (C=O) groups is 1. The highest BCUT2D eigenvalue weighted by atomic mass is 16.5. The molecule has 0 atom stereocenters. The lowest BCUT2D eigenvalue weighted by Crippen LogP contribution is -2.42. The SMILES string of the molecule is Cc1cccc(OC2CCN(C(=O)c3cnc(N4CCOCC4)nc3)CC2)c1. The number of anilines is 1. The maximum absolute atomic E-state index is 12.8. The van der Waals surface area contributed by atoms with Crippen molar-refractivity contribution in [3.8, 4) is 5.75 Å². The largest absolute Gasteiger partial charge is 0.490 e. The van der Waals surface area contributed by atoms with Gasteiger partial charge >= 0.3 is 0 Å². The molecule has 0 radical (unpaired) electrons. The van der Waals surface area contributed by atoms with Gasteiger partial charge in [0.2, 0.25) is 5.95 Å². The Bertz CT molecular complexity index is 798. The van der Waals surface area contributed by atoms with Crippen LogP contribution in [-0.4, -0.2) is 66.3 Å². The third-order valence-electron chi connectivity index (χ3n) is 5.20. The average Bonchev–Trinajstić information content (AvgIpc) is 2.75. The van der Waals surface area contributed by atoms with E-state index in [4.69, 9.17) is 9.47 Å². The van der Waals surface area contributed by atoms with Crippen molar-refractivity contribution in [2.24, 2.45) is 0 Å². The molecule has 0 spiro atoms. The van der Waals surface area contributed by atoms with Crippen LogP contribution in [0.2, 0.25) is 0 Å². The van der Waals surface area contributed by atoms with E-state index < -0.39 is 0 Å². The summed E-state index contributed by atoms with van der Waals surface area (Å²) in [7, 11) is 0. The van der Waals surface area contributed by atoms with Gasteiger partial charge in [-0.05, 0) is 24.6 Å². The lowest BCUT2D eigenvalue weighted by molar-refractivity contribution is 0.0594. The number of morpholine rings is 1. The van der Waals surface area contributed by atoms with Crippen LogP contribution in [0.1, 0.15) is 28.8 Å². The third-order valence-corrected chi connectivity index (χ3v) is 5.20. The normalized spacial score (nSPS) is 18.2. The van der Waals surface area contributed by atoms with Crippen LogP contribution < -0.4 is 9.64 Å². The first-order valence-electron chi connectivity index (χ1n) is 9.86. The molecule has 2 fully saturated rings. The average molecular weight is 382 g/mol. The number of aromatic nitrogens is 2. The molecule has 3 heterocycles. The zero-order valence-electron chi connectivity index (χ0n) is 16.2. The standard InChI is InChI=1S/C21H26N4O3/c1-16-3-2-4-19(13-16)28-18-5-7-24(8-6-18)20(26)17-14-22-21(23-15-17)25-9-11-27-12-10-25/h2-4,13-15,18H,5-12H2,1H3. The Morgan fingerprint density at radius 2 is 1.82 bits per heavy atom. The minimum Gasteiger partial charge on any atom is -0.490 e. The zero-order valence-corrected chi connectivity index (χ0v) is 16.2. The third kappa shape index (κ3) is 4.42. The van der Waals surface area contributed by atoms with Gasteiger partial charge in [-0.3, -0.25) is 4.79 Å². The monoisotopic (exact) mass is 382 g/mol. The van der Waals surface area contributed by atoms with Crippen LogP contribution >= 0.6 is 0 Å². The van der Waals surface area contributed by atoms with Crippen LogP contribution in [0.3, 0.4) is 0 Å². The predicted molar refractivity (Wildman–Crippen MR) is 106 cm³/mol. The van der Waals surface area contributed by atoms with Crippen LogP contribution in [0.15, 0.2) is 36.7 Å². The van der Waals surface area contributed by atoms with Crippen LogP contribution in [0.4, 0.5) is 5.95 Å². The van der Waals surface area contributed by atoms with E-state index in [1.54, 1.807) is 12.4 Å². The van der Waals surface area contributed by atoms with Gasteiger partial charge in [-0.1, -0.05) is 12.1 Å². The number of ether oxygens (including phenoxy) is 2. The Balaban J connectivity index is 1.31. The summed E-state index contributed by atoms with van der Waals surface area (Å²) >= 11 is 0. The quantitative estimate of drug-likeness (QED) is 0.808. The van der Waals surface area contributed by atoms with E-state index in [1.807, 2.05) is 23.1 Å². The van der Waals surface area contributed by atoms with Gasteiger partial charge in [0.05, 0.1) is 18.8 Å². The van der Waals surface area contributed by atoms with Gasteiger partial charge in [0.15, 0.2) is 0 Å². The van der Waals surface area contributed by atoms with Gasteiger partial charge in [-0.25, -0.2) is 9.97 Å². The van der Waals surface area contributed by atoms with Crippen LogP contribution in [-0.2, 0) is 4.74 Å². The predicted octanol–water partition coefficient (Wildman–Crippen LogP) is 2.31. The van der Waals surface area contributed by atoms with Crippen LogP contribution in [0.25, 0.3) is 0 Å². The molecule has 0 saturated carbocycles. The molecule has 0 aliphatic carbocycles. The number of rotatable bonds is 4. The van der Waals surface area contributed by atoms with Gasteiger partial charge in [0.1, 0.15) is 11.9 Å². The number of piperidine rings is 1. The van der Waals surface area contributed by atoms with E-state index >= 15 is 0 Å². The molecule has 28 heavy (non-hydrogen) atoms. The Hall–Kier alpha value is -2.67. The Morgan fingerprint density at radius 3 is 2.50 bits per heavy atom. The molecule has 7 heteroatoms. The van der Waals surface area contributed by atoms with Crippen molar-refractivity contribution in [2.45, 2.75) is 25.9 Å². The number of hydrogen-bond donors (Lipinski definition) is 0. The number of likely N-dealkylation sites (tertiary alicyclic amines) is 1. The Kier molecular flexibility index (Phi) is 5.71. The minimum atomic E-state index is -0.0115. The lowest BCUT2D eigenvalue weighted by atomic mass is 10.1. The van der Waals surface area contributed by atoms with Crippen molar-refractivity contribution in [3.05, 3.63) is 47.8 Å². The number of nitrogens with zero attached hydrogens (tertiary/aromatic N) is 4. The summed E-state index contributed by atoms with van der Waals surface area (Å²) < 4.78 is 11.4. The molecule has 2 aliphatic heterocycles. The molecule has 2 aliphatic rings. The van der Waals surface area contributed by atoms with E-state index in [0.717, 1.165) is 31.7 Å². The molecule has 2 saturated heterocycles. The molecule has 0 N–H and O–H groups in total. The van der Waals surface area contributed by atoms with E-state index in [9.17, 15) is 4.79 Å². The fourth-order valence-corrected chi connectivity index (χ4v) is 3.60. The molecule has 1 aromatic heterocycles. The van der Waals surface area contributed by atoms with Crippen LogP contribution in [0.5, 0.6) is 5.75 Å². The molecule has 0 unspecified atom stereocenters. The number of carbonyl (C=O) groups excluding carboxylic acids is 1. The highest BCUT2D eigenvalue weighted by Gasteiger charge is 2.25. The molecule has 1 aromatic carbocycles. The van der Waals surface area contributed by atoms with E-state index in [1.165, 1.54) is 5.56 Å². The summed E-state index contributed by atoms with van der Waals surface area (Å²) in [6, 6.07) is 8.09. The molecule has 7 nitrogen and oxygen atoms in total. The zero-order chi connectivity index (χ0) is 19.3. The van der Waals surface area contributed by atoms with Gasteiger partial charge in [-0.15, -0.1) is 0 Å². The maximum Gasteiger partial charge on any atom is 0.256 e. The molecular formula is C21H26N4O3. The summed E-state index contributed by atoms with van der Waals surface area (Å²) in [5.74, 6) is 1.55. The first-order valence-corrected chi connectivity index (χ1v) is 9.86. The van der Waals surface area contributed by atoms with Gasteiger partial charge in [-0.2, -0.15) is 0 Å². The first kappa shape index (κ1) is 18.7. The highest BCUT2D eigenvalue weighted by molar-refractivity contribution is 5.93. The fraction of sp³-hybridized carbons (Fsp3) is 0.476. The van der Waals surface area contributed by atoms with Crippen LogP contribution in [0, 0.1) is 6.92 Å². The highest BCUT2D eigenvalue weighted by Crippen LogP contribution is 2.21. The summed E-state index contributed by atoms with van der Waals surface area (Å²) in [5, 5.41) is 0. The lowest BCUT2D eigenvalue weighted by Gasteiger charge is -2.32. The number of amides is 1. The van der Waals surface area contributed by atoms with Crippen molar-refractivity contribution in [1.82, 2.24) is 14.9 Å². The number of benzene rings is 1. The topological polar surface area (TPSA) is 67.8 Å². The second-order valence-corrected chi connectivity index (χ2v) is 7.30. The number of aryl methyl sites for hydroxylation is 1. The molecule has 4 rings (SSSR count). The fourth-order valence-electron chi connectivity index (χ4n) is 3.60.